The van der Waals surface area contributed by atoms with Crippen molar-refractivity contribution in [2.75, 3.05) is 5.32 Å². The van der Waals surface area contributed by atoms with E-state index in [1.54, 1.807) is 31.2 Å². The third kappa shape index (κ3) is 2.99. The Morgan fingerprint density at radius 3 is 2.70 bits per heavy atom. The number of amides is 1. The number of benzene rings is 1. The molecule has 2 N–H and O–H groups in total. The molecule has 0 aliphatic heterocycles. The zero-order valence-corrected chi connectivity index (χ0v) is 10.9. The smallest absolute Gasteiger partial charge is 0.274 e. The summed E-state index contributed by atoms with van der Waals surface area (Å²) in [7, 11) is 0. The SMILES string of the molecule is CC(O)c1ccccc1NC(=O)c1ccc(C#N)cn1. The molecule has 0 aliphatic rings. The maximum atomic E-state index is 12.1. The Morgan fingerprint density at radius 2 is 2.10 bits per heavy atom. The quantitative estimate of drug-likeness (QED) is 0.893. The average molecular weight is 267 g/mol. The molecular weight excluding hydrogens is 254 g/mol. The first-order chi connectivity index (χ1) is 9.61. The number of para-hydroxylation sites is 1. The fourth-order valence-corrected chi connectivity index (χ4v) is 1.76. The summed E-state index contributed by atoms with van der Waals surface area (Å²) in [6.07, 6.45) is 0.663. The van der Waals surface area contributed by atoms with Crippen molar-refractivity contribution in [2.45, 2.75) is 13.0 Å². The van der Waals surface area contributed by atoms with Crippen LogP contribution in [0, 0.1) is 11.3 Å². The molecule has 0 bridgehead atoms. The Morgan fingerprint density at radius 1 is 1.35 bits per heavy atom. The summed E-state index contributed by atoms with van der Waals surface area (Å²) in [5.74, 6) is -0.386. The van der Waals surface area contributed by atoms with Crippen LogP contribution >= 0.6 is 0 Å². The van der Waals surface area contributed by atoms with Crippen molar-refractivity contribution in [3.05, 3.63) is 59.4 Å². The fourth-order valence-electron chi connectivity index (χ4n) is 1.76. The Hall–Kier alpha value is -2.71. The number of pyridine rings is 1. The van der Waals surface area contributed by atoms with E-state index < -0.39 is 6.10 Å². The van der Waals surface area contributed by atoms with Gasteiger partial charge in [-0.3, -0.25) is 4.79 Å². The van der Waals surface area contributed by atoms with Crippen LogP contribution in [0.2, 0.25) is 0 Å². The molecule has 5 nitrogen and oxygen atoms in total. The number of hydrogen-bond donors (Lipinski definition) is 2. The van der Waals surface area contributed by atoms with Gasteiger partial charge in [0.2, 0.25) is 0 Å². The molecule has 0 radical (unpaired) electrons. The molecule has 2 aromatic rings. The van der Waals surface area contributed by atoms with Gasteiger partial charge in [0, 0.05) is 17.4 Å². The van der Waals surface area contributed by atoms with E-state index in [2.05, 4.69) is 10.3 Å². The lowest BCUT2D eigenvalue weighted by molar-refractivity contribution is 0.102. The number of carbonyl (C=O) groups excluding carboxylic acids is 1. The van der Waals surface area contributed by atoms with Crippen LogP contribution < -0.4 is 5.32 Å². The van der Waals surface area contributed by atoms with Crippen molar-refractivity contribution in [1.29, 1.82) is 5.26 Å². The highest BCUT2D eigenvalue weighted by Gasteiger charge is 2.12. The van der Waals surface area contributed by atoms with Crippen molar-refractivity contribution < 1.29 is 9.90 Å². The number of aromatic nitrogens is 1. The minimum Gasteiger partial charge on any atom is -0.389 e. The molecule has 0 saturated carbocycles. The van der Waals surface area contributed by atoms with Gasteiger partial charge >= 0.3 is 0 Å². The van der Waals surface area contributed by atoms with Crippen molar-refractivity contribution >= 4 is 11.6 Å². The summed E-state index contributed by atoms with van der Waals surface area (Å²) >= 11 is 0. The molecule has 0 fully saturated rings. The Bertz CT molecular complexity index is 658. The number of rotatable bonds is 3. The largest absolute Gasteiger partial charge is 0.389 e. The molecular formula is C15H13N3O2. The first kappa shape index (κ1) is 13.7. The van der Waals surface area contributed by atoms with E-state index >= 15 is 0 Å². The van der Waals surface area contributed by atoms with Crippen LogP contribution in [-0.4, -0.2) is 16.0 Å². The molecule has 5 heteroatoms. The molecule has 0 aliphatic carbocycles. The fraction of sp³-hybridized carbons (Fsp3) is 0.133. The molecule has 20 heavy (non-hydrogen) atoms. The number of nitrogens with one attached hydrogen (secondary N) is 1. The minimum absolute atomic E-state index is 0.212. The lowest BCUT2D eigenvalue weighted by Crippen LogP contribution is -2.15. The third-order valence-electron chi connectivity index (χ3n) is 2.78. The van der Waals surface area contributed by atoms with Gasteiger partial charge in [0.05, 0.1) is 11.7 Å². The van der Waals surface area contributed by atoms with Crippen LogP contribution in [0.5, 0.6) is 0 Å². The summed E-state index contributed by atoms with van der Waals surface area (Å²) in [5, 5.41) is 21.0. The normalized spacial score (nSPS) is 11.4. The molecule has 1 amide bonds. The van der Waals surface area contributed by atoms with Gasteiger partial charge in [-0.2, -0.15) is 5.26 Å². The predicted molar refractivity (Wildman–Crippen MR) is 74.0 cm³/mol. The predicted octanol–water partition coefficient (Wildman–Crippen LogP) is 2.26. The third-order valence-corrected chi connectivity index (χ3v) is 2.78. The average Bonchev–Trinajstić information content (AvgIpc) is 2.47. The molecule has 100 valence electrons. The number of hydrogen-bond acceptors (Lipinski definition) is 4. The van der Waals surface area contributed by atoms with Gasteiger partial charge in [0.15, 0.2) is 0 Å². The number of carbonyl (C=O) groups is 1. The second kappa shape index (κ2) is 5.95. The van der Waals surface area contributed by atoms with Gasteiger partial charge < -0.3 is 10.4 Å². The topological polar surface area (TPSA) is 86.0 Å². The number of nitrogens with zero attached hydrogens (tertiary/aromatic N) is 2. The van der Waals surface area contributed by atoms with Crippen molar-refractivity contribution in [3.63, 3.8) is 0 Å². The standard InChI is InChI=1S/C15H13N3O2/c1-10(19)12-4-2-3-5-13(12)18-15(20)14-7-6-11(8-16)9-17-14/h2-7,9-10,19H,1H3,(H,18,20). The van der Waals surface area contributed by atoms with Gasteiger partial charge in [-0.25, -0.2) is 4.98 Å². The van der Waals surface area contributed by atoms with E-state index in [1.165, 1.54) is 18.3 Å². The second-order valence-electron chi connectivity index (χ2n) is 4.26. The van der Waals surface area contributed by atoms with Gasteiger partial charge in [-0.15, -0.1) is 0 Å². The number of aliphatic hydroxyl groups is 1. The van der Waals surface area contributed by atoms with Crippen LogP contribution in [0.15, 0.2) is 42.6 Å². The molecule has 1 aromatic heterocycles. The number of aliphatic hydroxyl groups excluding tert-OH is 1. The summed E-state index contributed by atoms with van der Waals surface area (Å²) in [6, 6.07) is 12.0. The van der Waals surface area contributed by atoms with Crippen LogP contribution in [0.25, 0.3) is 0 Å². The van der Waals surface area contributed by atoms with Crippen LogP contribution in [-0.2, 0) is 0 Å². The highest BCUT2D eigenvalue weighted by molar-refractivity contribution is 6.03. The molecule has 1 unspecified atom stereocenters. The Kier molecular flexibility index (Phi) is 4.08. The van der Waals surface area contributed by atoms with Gasteiger partial charge in [-0.1, -0.05) is 18.2 Å². The number of anilines is 1. The van der Waals surface area contributed by atoms with Crippen molar-refractivity contribution in [1.82, 2.24) is 4.98 Å². The zero-order valence-electron chi connectivity index (χ0n) is 10.9. The monoisotopic (exact) mass is 267 g/mol. The Labute approximate surface area is 116 Å². The van der Waals surface area contributed by atoms with E-state index in [0.29, 0.717) is 16.8 Å². The van der Waals surface area contributed by atoms with Crippen LogP contribution in [0.4, 0.5) is 5.69 Å². The van der Waals surface area contributed by atoms with Crippen molar-refractivity contribution in [2.24, 2.45) is 0 Å². The summed E-state index contributed by atoms with van der Waals surface area (Å²) in [5.41, 5.74) is 1.78. The van der Waals surface area contributed by atoms with E-state index in [4.69, 9.17) is 5.26 Å². The molecule has 1 aromatic carbocycles. The van der Waals surface area contributed by atoms with E-state index in [0.717, 1.165) is 0 Å². The lowest BCUT2D eigenvalue weighted by atomic mass is 10.1. The van der Waals surface area contributed by atoms with E-state index in [9.17, 15) is 9.90 Å². The number of nitriles is 1. The summed E-state index contributed by atoms with van der Waals surface area (Å²) in [6.45, 7) is 1.63. The summed E-state index contributed by atoms with van der Waals surface area (Å²) in [4.78, 5) is 16.0. The highest BCUT2D eigenvalue weighted by Crippen LogP contribution is 2.22. The van der Waals surface area contributed by atoms with E-state index in [-0.39, 0.29) is 11.6 Å². The van der Waals surface area contributed by atoms with Crippen molar-refractivity contribution in [3.8, 4) is 6.07 Å². The first-order valence-electron chi connectivity index (χ1n) is 6.06. The van der Waals surface area contributed by atoms with Crippen LogP contribution in [0.1, 0.15) is 34.6 Å². The molecule has 2 rings (SSSR count). The minimum atomic E-state index is -0.680. The van der Waals surface area contributed by atoms with Gasteiger partial charge in [-0.05, 0) is 25.1 Å². The first-order valence-corrected chi connectivity index (χ1v) is 6.06. The molecule has 0 saturated heterocycles. The second-order valence-corrected chi connectivity index (χ2v) is 4.26. The lowest BCUT2D eigenvalue weighted by Gasteiger charge is -2.12. The summed E-state index contributed by atoms with van der Waals surface area (Å²) < 4.78 is 0. The molecule has 1 atom stereocenters. The maximum absolute atomic E-state index is 12.1. The van der Waals surface area contributed by atoms with Crippen LogP contribution in [0.3, 0.4) is 0 Å². The molecule has 0 spiro atoms. The zero-order chi connectivity index (χ0) is 14.5. The van der Waals surface area contributed by atoms with Gasteiger partial charge in [0.25, 0.3) is 5.91 Å². The molecule has 1 heterocycles. The maximum Gasteiger partial charge on any atom is 0.274 e. The highest BCUT2D eigenvalue weighted by atomic mass is 16.3. The van der Waals surface area contributed by atoms with Gasteiger partial charge in [0.1, 0.15) is 11.8 Å². The Balaban J connectivity index is 2.21. The van der Waals surface area contributed by atoms with E-state index in [1.807, 2.05) is 6.07 Å².